The topological polar surface area (TPSA) is 237 Å². The largest absolute Gasteiger partial charge is 0.472 e. The van der Waals surface area contributed by atoms with Gasteiger partial charge in [0.25, 0.3) is 0 Å². The molecule has 2 unspecified atom stereocenters. The van der Waals surface area contributed by atoms with E-state index in [4.69, 9.17) is 37.0 Å². The van der Waals surface area contributed by atoms with Crippen LogP contribution in [0.25, 0.3) is 0 Å². The van der Waals surface area contributed by atoms with Gasteiger partial charge in [-0.1, -0.05) is 387 Å². The molecule has 5 atom stereocenters. The highest BCUT2D eigenvalue weighted by Gasteiger charge is 2.30. The highest BCUT2D eigenvalue weighted by atomic mass is 31.2. The van der Waals surface area contributed by atoms with Crippen molar-refractivity contribution in [2.24, 2.45) is 0 Å². The van der Waals surface area contributed by atoms with Gasteiger partial charge >= 0.3 is 39.5 Å². The summed E-state index contributed by atoms with van der Waals surface area (Å²) in [6.07, 6.45) is 67.8. The lowest BCUT2D eigenvalue weighted by Crippen LogP contribution is -2.30. The molecule has 0 fully saturated rings. The lowest BCUT2D eigenvalue weighted by Gasteiger charge is -2.21. The third-order valence-electron chi connectivity index (χ3n) is 19.1. The molecule has 0 aliphatic rings. The molecule has 100 heavy (non-hydrogen) atoms. The van der Waals surface area contributed by atoms with E-state index in [1.54, 1.807) is 0 Å². The van der Waals surface area contributed by atoms with Gasteiger partial charge in [0.15, 0.2) is 12.2 Å². The van der Waals surface area contributed by atoms with Crippen molar-refractivity contribution >= 4 is 39.5 Å². The van der Waals surface area contributed by atoms with Crippen LogP contribution < -0.4 is 0 Å². The van der Waals surface area contributed by atoms with Gasteiger partial charge in [-0.25, -0.2) is 9.13 Å². The molecule has 0 heterocycles. The smallest absolute Gasteiger partial charge is 0.462 e. The van der Waals surface area contributed by atoms with Crippen LogP contribution in [-0.4, -0.2) is 96.7 Å². The first-order valence-electron chi connectivity index (χ1n) is 42.3. The summed E-state index contributed by atoms with van der Waals surface area (Å²) in [6.45, 7) is 5.04. The molecule has 0 saturated heterocycles. The number of rotatable bonds is 82. The first-order valence-corrected chi connectivity index (χ1v) is 45.3. The molecule has 0 saturated carbocycles. The predicted octanol–water partition coefficient (Wildman–Crippen LogP) is 24.6. The maximum atomic E-state index is 13.1. The summed E-state index contributed by atoms with van der Waals surface area (Å²) in [5.41, 5.74) is 0. The van der Waals surface area contributed by atoms with E-state index in [2.05, 4.69) is 27.7 Å². The predicted molar refractivity (Wildman–Crippen MR) is 409 cm³/mol. The average molecular weight is 1470 g/mol. The number of carbonyl (C=O) groups excluding carboxylic acids is 4. The molecule has 0 rings (SSSR count). The van der Waals surface area contributed by atoms with E-state index >= 15 is 0 Å². The van der Waals surface area contributed by atoms with E-state index in [1.165, 1.54) is 270 Å². The summed E-state index contributed by atoms with van der Waals surface area (Å²) in [5.74, 6) is -2.10. The fourth-order valence-electron chi connectivity index (χ4n) is 12.6. The number of phosphoric acid groups is 2. The van der Waals surface area contributed by atoms with Crippen LogP contribution in [0.1, 0.15) is 439 Å². The monoisotopic (exact) mass is 1470 g/mol. The number of unbranched alkanes of at least 4 members (excludes halogenated alkanes) is 56. The number of hydrogen-bond donors (Lipinski definition) is 3. The summed E-state index contributed by atoms with van der Waals surface area (Å²) in [6, 6.07) is 0. The standard InChI is InChI=1S/C81H158O17P2/c1-5-9-13-17-21-25-29-33-36-37-40-44-48-52-56-60-64-68-81(86)98-77(72-92-79(84)66-62-58-54-50-46-43-39-35-31-27-23-19-15-11-7-3)74-96-100(89,90)94-70-75(82)69-93-99(87,88)95-73-76(97-80(85)67-63-59-55-51-47-41-32-28-24-20-16-12-8-4)71-91-78(83)65-61-57-53-49-45-42-38-34-30-26-22-18-14-10-6-2/h75-77,82H,5-74H2,1-4H3,(H,87,88)(H,89,90)/t75-,76-,77-/m1/s1. The Morgan fingerprint density at radius 2 is 0.400 bits per heavy atom. The SMILES string of the molecule is CCCCCCCCCCCCCCCCCCCC(=O)O[C@H](COC(=O)CCCCCCCCCCCCCCCCC)COP(=O)(O)OC[C@H](O)COP(=O)(O)OC[C@@H](COC(=O)CCCCCCCCCCCCCCCCC)OC(=O)CCCCCCCCCCCCCCC. The van der Waals surface area contributed by atoms with Crippen molar-refractivity contribution in [1.29, 1.82) is 0 Å². The molecule has 0 aromatic rings. The Hall–Kier alpha value is -1.94. The zero-order chi connectivity index (χ0) is 73.2. The molecule has 594 valence electrons. The van der Waals surface area contributed by atoms with E-state index in [0.717, 1.165) is 89.9 Å². The van der Waals surface area contributed by atoms with E-state index in [1.807, 2.05) is 0 Å². The number of hydrogen-bond acceptors (Lipinski definition) is 15. The second kappa shape index (κ2) is 75.3. The van der Waals surface area contributed by atoms with Crippen molar-refractivity contribution in [3.8, 4) is 0 Å². The molecule has 0 bridgehead atoms. The highest BCUT2D eigenvalue weighted by molar-refractivity contribution is 7.47. The molecule has 0 spiro atoms. The minimum absolute atomic E-state index is 0.109. The number of aliphatic hydroxyl groups is 1. The molecule has 0 aliphatic heterocycles. The van der Waals surface area contributed by atoms with Gasteiger partial charge in [0.05, 0.1) is 26.4 Å². The molecule has 0 aliphatic carbocycles. The molecule has 0 radical (unpaired) electrons. The van der Waals surface area contributed by atoms with Crippen molar-refractivity contribution in [3.05, 3.63) is 0 Å². The Morgan fingerprint density at radius 1 is 0.240 bits per heavy atom. The first kappa shape index (κ1) is 98.1. The summed E-state index contributed by atoms with van der Waals surface area (Å²) in [7, 11) is -9.92. The van der Waals surface area contributed by atoms with Crippen molar-refractivity contribution in [2.45, 2.75) is 457 Å². The van der Waals surface area contributed by atoms with Crippen LogP contribution in [0.15, 0.2) is 0 Å². The van der Waals surface area contributed by atoms with Crippen LogP contribution in [0.5, 0.6) is 0 Å². The van der Waals surface area contributed by atoms with Crippen molar-refractivity contribution in [2.75, 3.05) is 39.6 Å². The lowest BCUT2D eigenvalue weighted by atomic mass is 10.0. The zero-order valence-electron chi connectivity index (χ0n) is 65.2. The van der Waals surface area contributed by atoms with E-state index in [0.29, 0.717) is 25.7 Å². The number of aliphatic hydroxyl groups excluding tert-OH is 1. The lowest BCUT2D eigenvalue weighted by molar-refractivity contribution is -0.161. The third kappa shape index (κ3) is 74.3. The Morgan fingerprint density at radius 3 is 0.590 bits per heavy atom. The maximum absolute atomic E-state index is 13.1. The summed E-state index contributed by atoms with van der Waals surface area (Å²) >= 11 is 0. The zero-order valence-corrected chi connectivity index (χ0v) is 67.0. The quantitative estimate of drug-likeness (QED) is 0.0222. The molecule has 0 amide bonds. The first-order chi connectivity index (χ1) is 48.7. The van der Waals surface area contributed by atoms with Crippen LogP contribution in [-0.2, 0) is 65.4 Å². The second-order valence-electron chi connectivity index (χ2n) is 29.2. The van der Waals surface area contributed by atoms with Crippen LogP contribution in [0.4, 0.5) is 0 Å². The Balaban J connectivity index is 5.26. The van der Waals surface area contributed by atoms with Crippen molar-refractivity contribution in [1.82, 2.24) is 0 Å². The fourth-order valence-corrected chi connectivity index (χ4v) is 14.2. The van der Waals surface area contributed by atoms with E-state index in [-0.39, 0.29) is 25.7 Å². The fraction of sp³-hybridized carbons (Fsp3) is 0.951. The number of carbonyl (C=O) groups is 4. The van der Waals surface area contributed by atoms with Crippen LogP contribution in [0.2, 0.25) is 0 Å². The van der Waals surface area contributed by atoms with Crippen molar-refractivity contribution < 1.29 is 80.2 Å². The highest BCUT2D eigenvalue weighted by Crippen LogP contribution is 2.45. The number of esters is 4. The molecular weight excluding hydrogens is 1310 g/mol. The minimum Gasteiger partial charge on any atom is -0.462 e. The van der Waals surface area contributed by atoms with E-state index in [9.17, 15) is 43.2 Å². The molecule has 17 nitrogen and oxygen atoms in total. The molecular formula is C81H158O17P2. The molecule has 0 aromatic heterocycles. The maximum Gasteiger partial charge on any atom is 0.472 e. The summed E-state index contributed by atoms with van der Waals surface area (Å²) < 4.78 is 68.8. The third-order valence-corrected chi connectivity index (χ3v) is 21.0. The van der Waals surface area contributed by atoms with Gasteiger partial charge in [-0.15, -0.1) is 0 Å². The van der Waals surface area contributed by atoms with Crippen LogP contribution in [0, 0.1) is 0 Å². The van der Waals surface area contributed by atoms with Crippen molar-refractivity contribution in [3.63, 3.8) is 0 Å². The van der Waals surface area contributed by atoms with Gasteiger partial charge in [-0.2, -0.15) is 0 Å². The summed E-state index contributed by atoms with van der Waals surface area (Å²) in [4.78, 5) is 73.1. The Kier molecular flexibility index (Phi) is 73.8. The second-order valence-corrected chi connectivity index (χ2v) is 32.1. The van der Waals surface area contributed by atoms with Gasteiger partial charge in [-0.05, 0) is 25.7 Å². The number of ether oxygens (including phenoxy) is 4. The van der Waals surface area contributed by atoms with E-state index < -0.39 is 97.5 Å². The number of phosphoric ester groups is 2. The Bertz CT molecular complexity index is 1890. The normalized spacial score (nSPS) is 13.8. The summed E-state index contributed by atoms with van der Waals surface area (Å²) in [5, 5.41) is 10.6. The molecule has 0 aromatic carbocycles. The molecule has 3 N–H and O–H groups in total. The average Bonchev–Trinajstić information content (AvgIpc) is 0.962. The van der Waals surface area contributed by atoms with Gasteiger partial charge in [0.1, 0.15) is 19.3 Å². The van der Waals surface area contributed by atoms with Gasteiger partial charge in [0, 0.05) is 25.7 Å². The van der Waals surface area contributed by atoms with Crippen LogP contribution in [0.3, 0.4) is 0 Å². The Labute approximate surface area is 613 Å². The molecule has 19 heteroatoms. The minimum atomic E-state index is -4.96. The van der Waals surface area contributed by atoms with Gasteiger partial charge in [-0.3, -0.25) is 37.3 Å². The van der Waals surface area contributed by atoms with Gasteiger partial charge < -0.3 is 33.8 Å². The van der Waals surface area contributed by atoms with Gasteiger partial charge in [0.2, 0.25) is 0 Å². The van der Waals surface area contributed by atoms with Crippen LogP contribution >= 0.6 is 15.6 Å².